The number of carbonyl (C=O) groups is 2. The second-order valence-corrected chi connectivity index (χ2v) is 5.85. The molecule has 0 aliphatic heterocycles. The normalized spacial score (nSPS) is 26.4. The van der Waals surface area contributed by atoms with Gasteiger partial charge in [-0.3, -0.25) is 9.59 Å². The Balaban J connectivity index is 1.61. The predicted octanol–water partition coefficient (Wildman–Crippen LogP) is 1.46. The SMILES string of the molecule is O=C(O)C1CCC1C(=O)Nc1nnc(C2CC2)s1. The smallest absolute Gasteiger partial charge is 0.307 e. The van der Waals surface area contributed by atoms with Crippen LogP contribution in [0.25, 0.3) is 0 Å². The van der Waals surface area contributed by atoms with Gasteiger partial charge in [-0.1, -0.05) is 11.3 Å². The highest BCUT2D eigenvalue weighted by Crippen LogP contribution is 2.42. The van der Waals surface area contributed by atoms with E-state index in [0.29, 0.717) is 23.9 Å². The lowest BCUT2D eigenvalue weighted by atomic mass is 9.73. The molecule has 1 amide bonds. The fraction of sp³-hybridized carbons (Fsp3) is 0.636. The van der Waals surface area contributed by atoms with Crippen LogP contribution in [0, 0.1) is 11.8 Å². The predicted molar refractivity (Wildman–Crippen MR) is 64.4 cm³/mol. The highest BCUT2D eigenvalue weighted by Gasteiger charge is 2.41. The molecule has 96 valence electrons. The van der Waals surface area contributed by atoms with E-state index in [4.69, 9.17) is 5.11 Å². The van der Waals surface area contributed by atoms with Gasteiger partial charge in [0, 0.05) is 5.92 Å². The number of anilines is 1. The number of amides is 1. The van der Waals surface area contributed by atoms with Gasteiger partial charge in [0.25, 0.3) is 0 Å². The van der Waals surface area contributed by atoms with Gasteiger partial charge < -0.3 is 10.4 Å². The van der Waals surface area contributed by atoms with Crippen LogP contribution < -0.4 is 5.32 Å². The van der Waals surface area contributed by atoms with E-state index in [1.54, 1.807) is 0 Å². The molecule has 2 fully saturated rings. The largest absolute Gasteiger partial charge is 0.481 e. The molecule has 18 heavy (non-hydrogen) atoms. The Morgan fingerprint density at radius 3 is 2.44 bits per heavy atom. The minimum Gasteiger partial charge on any atom is -0.481 e. The average molecular weight is 267 g/mol. The van der Waals surface area contributed by atoms with Gasteiger partial charge in [-0.15, -0.1) is 10.2 Å². The number of rotatable bonds is 4. The molecule has 7 heteroatoms. The molecule has 2 aliphatic carbocycles. The molecule has 1 aromatic heterocycles. The molecule has 3 rings (SSSR count). The monoisotopic (exact) mass is 267 g/mol. The fourth-order valence-electron chi connectivity index (χ4n) is 2.09. The lowest BCUT2D eigenvalue weighted by Crippen LogP contribution is -2.41. The minimum absolute atomic E-state index is 0.243. The van der Waals surface area contributed by atoms with Crippen molar-refractivity contribution in [3.8, 4) is 0 Å². The van der Waals surface area contributed by atoms with Crippen LogP contribution in [0.5, 0.6) is 0 Å². The molecule has 0 spiro atoms. The Morgan fingerprint density at radius 1 is 1.17 bits per heavy atom. The average Bonchev–Trinajstić information content (AvgIpc) is 2.98. The van der Waals surface area contributed by atoms with E-state index in [1.165, 1.54) is 11.3 Å². The van der Waals surface area contributed by atoms with Gasteiger partial charge in [-0.2, -0.15) is 0 Å². The van der Waals surface area contributed by atoms with Crippen molar-refractivity contribution in [2.24, 2.45) is 11.8 Å². The summed E-state index contributed by atoms with van der Waals surface area (Å²) in [7, 11) is 0. The molecule has 0 radical (unpaired) electrons. The second-order valence-electron chi connectivity index (χ2n) is 4.84. The highest BCUT2D eigenvalue weighted by molar-refractivity contribution is 7.15. The molecule has 2 aliphatic rings. The Kier molecular flexibility index (Phi) is 2.77. The van der Waals surface area contributed by atoms with Crippen LogP contribution in [0.1, 0.15) is 36.6 Å². The first-order chi connectivity index (χ1) is 8.65. The number of carboxylic acid groups (broad SMARTS) is 1. The van der Waals surface area contributed by atoms with Crippen LogP contribution in [0.15, 0.2) is 0 Å². The Morgan fingerprint density at radius 2 is 1.89 bits per heavy atom. The summed E-state index contributed by atoms with van der Waals surface area (Å²) in [6.07, 6.45) is 3.51. The van der Waals surface area contributed by atoms with E-state index in [9.17, 15) is 9.59 Å². The van der Waals surface area contributed by atoms with Gasteiger partial charge in [0.1, 0.15) is 5.01 Å². The molecule has 0 saturated heterocycles. The molecular formula is C11H13N3O3S. The van der Waals surface area contributed by atoms with Crippen molar-refractivity contribution >= 4 is 28.3 Å². The van der Waals surface area contributed by atoms with Crippen LogP contribution in [0.4, 0.5) is 5.13 Å². The van der Waals surface area contributed by atoms with Crippen molar-refractivity contribution < 1.29 is 14.7 Å². The van der Waals surface area contributed by atoms with Gasteiger partial charge in [-0.25, -0.2) is 0 Å². The molecular weight excluding hydrogens is 254 g/mol. The van der Waals surface area contributed by atoms with Gasteiger partial charge in [0.15, 0.2) is 0 Å². The topological polar surface area (TPSA) is 92.2 Å². The summed E-state index contributed by atoms with van der Waals surface area (Å²) >= 11 is 1.39. The van der Waals surface area contributed by atoms with E-state index >= 15 is 0 Å². The maximum atomic E-state index is 11.9. The number of nitrogens with zero attached hydrogens (tertiary/aromatic N) is 2. The molecule has 0 bridgehead atoms. The molecule has 2 saturated carbocycles. The third-order valence-corrected chi connectivity index (χ3v) is 4.53. The first-order valence-corrected chi connectivity index (χ1v) is 6.84. The lowest BCUT2D eigenvalue weighted by molar-refractivity contribution is -0.151. The molecule has 6 nitrogen and oxygen atoms in total. The van der Waals surface area contributed by atoms with E-state index in [-0.39, 0.29) is 5.91 Å². The van der Waals surface area contributed by atoms with Gasteiger partial charge >= 0.3 is 5.97 Å². The molecule has 2 N–H and O–H groups in total. The molecule has 1 heterocycles. The molecule has 2 atom stereocenters. The quantitative estimate of drug-likeness (QED) is 0.861. The zero-order valence-corrected chi connectivity index (χ0v) is 10.4. The first-order valence-electron chi connectivity index (χ1n) is 6.02. The second kappa shape index (κ2) is 4.31. The maximum absolute atomic E-state index is 11.9. The summed E-state index contributed by atoms with van der Waals surface area (Å²) in [5.41, 5.74) is 0. The third-order valence-electron chi connectivity index (χ3n) is 3.53. The number of nitrogens with one attached hydrogen (secondary N) is 1. The number of carbonyl (C=O) groups excluding carboxylic acids is 1. The highest BCUT2D eigenvalue weighted by atomic mass is 32.1. The van der Waals surface area contributed by atoms with E-state index in [1.807, 2.05) is 0 Å². The number of carboxylic acids is 1. The van der Waals surface area contributed by atoms with Crippen molar-refractivity contribution in [3.05, 3.63) is 5.01 Å². The van der Waals surface area contributed by atoms with Crippen molar-refractivity contribution in [1.82, 2.24) is 10.2 Å². The number of hydrogen-bond acceptors (Lipinski definition) is 5. The zero-order valence-electron chi connectivity index (χ0n) is 9.63. The zero-order chi connectivity index (χ0) is 12.7. The lowest BCUT2D eigenvalue weighted by Gasteiger charge is -2.31. The van der Waals surface area contributed by atoms with E-state index in [0.717, 1.165) is 17.8 Å². The van der Waals surface area contributed by atoms with Crippen LogP contribution in [0.2, 0.25) is 0 Å². The fourth-order valence-corrected chi connectivity index (χ4v) is 3.00. The number of aromatic nitrogens is 2. The number of hydrogen-bond donors (Lipinski definition) is 2. The summed E-state index contributed by atoms with van der Waals surface area (Å²) in [4.78, 5) is 22.7. The van der Waals surface area contributed by atoms with Gasteiger partial charge in [0.05, 0.1) is 11.8 Å². The summed E-state index contributed by atoms with van der Waals surface area (Å²) in [6.45, 7) is 0. The van der Waals surface area contributed by atoms with Crippen molar-refractivity contribution in [2.75, 3.05) is 5.32 Å². The first kappa shape index (κ1) is 11.6. The molecule has 1 aromatic rings. The summed E-state index contributed by atoms with van der Waals surface area (Å²) < 4.78 is 0. The Bertz CT molecular complexity index is 497. The van der Waals surface area contributed by atoms with E-state index in [2.05, 4.69) is 15.5 Å². The minimum atomic E-state index is -0.891. The third kappa shape index (κ3) is 2.10. The van der Waals surface area contributed by atoms with Crippen LogP contribution >= 0.6 is 11.3 Å². The van der Waals surface area contributed by atoms with Crippen molar-refractivity contribution in [3.63, 3.8) is 0 Å². The number of aliphatic carboxylic acids is 1. The molecule has 0 aromatic carbocycles. The van der Waals surface area contributed by atoms with Crippen LogP contribution in [-0.2, 0) is 9.59 Å². The summed E-state index contributed by atoms with van der Waals surface area (Å²) in [5.74, 6) is -1.58. The summed E-state index contributed by atoms with van der Waals surface area (Å²) in [6, 6.07) is 0. The standard InChI is InChI=1S/C11H13N3O3S/c15-8(6-3-4-7(6)10(16)17)12-11-14-13-9(18-11)5-1-2-5/h5-7H,1-4H2,(H,16,17)(H,12,14,15). The van der Waals surface area contributed by atoms with Crippen LogP contribution in [-0.4, -0.2) is 27.2 Å². The van der Waals surface area contributed by atoms with Gasteiger partial charge in [0.2, 0.25) is 11.0 Å². The van der Waals surface area contributed by atoms with E-state index < -0.39 is 17.8 Å². The van der Waals surface area contributed by atoms with Crippen LogP contribution in [0.3, 0.4) is 0 Å². The molecule has 2 unspecified atom stereocenters. The van der Waals surface area contributed by atoms with Gasteiger partial charge in [-0.05, 0) is 25.7 Å². The summed E-state index contributed by atoms with van der Waals surface area (Å²) in [5, 5.41) is 21.0. The van der Waals surface area contributed by atoms with Crippen molar-refractivity contribution in [1.29, 1.82) is 0 Å². The Hall–Kier alpha value is -1.50. The maximum Gasteiger partial charge on any atom is 0.307 e. The van der Waals surface area contributed by atoms with Crippen molar-refractivity contribution in [2.45, 2.75) is 31.6 Å². The Labute approximate surface area is 107 Å².